The smallest absolute Gasteiger partial charge is 0.251 e. The molecule has 0 radical (unpaired) electrons. The number of hydrogen-bond acceptors (Lipinski definition) is 5. The average molecular weight is 267 g/mol. The summed E-state index contributed by atoms with van der Waals surface area (Å²) in [6.45, 7) is 0.536. The number of nitrogens with one attached hydrogen (secondary N) is 2. The van der Waals surface area contributed by atoms with Crippen molar-refractivity contribution >= 4 is 17.3 Å². The summed E-state index contributed by atoms with van der Waals surface area (Å²) in [5.74, 6) is -0.179. The molecule has 1 aromatic rings. The fourth-order valence-corrected chi connectivity index (χ4v) is 1.75. The highest BCUT2D eigenvalue weighted by Gasteiger charge is 2.11. The predicted octanol–water partition coefficient (Wildman–Crippen LogP) is 0.438. The van der Waals surface area contributed by atoms with E-state index in [0.717, 1.165) is 5.69 Å². The van der Waals surface area contributed by atoms with E-state index in [1.54, 1.807) is 32.4 Å². The van der Waals surface area contributed by atoms with Crippen molar-refractivity contribution in [3.63, 3.8) is 0 Å². The predicted molar refractivity (Wildman–Crippen MR) is 75.2 cm³/mol. The molecule has 1 amide bonds. The fourth-order valence-electron chi connectivity index (χ4n) is 1.75. The second-order valence-corrected chi connectivity index (χ2v) is 4.19. The number of ether oxygens (including phenoxy) is 1. The summed E-state index contributed by atoms with van der Waals surface area (Å²) in [6, 6.07) is 5.03. The van der Waals surface area contributed by atoms with Crippen molar-refractivity contribution in [2.75, 3.05) is 38.4 Å². The Balaban J connectivity index is 2.80. The lowest BCUT2D eigenvalue weighted by Gasteiger charge is -2.19. The van der Waals surface area contributed by atoms with Crippen molar-refractivity contribution in [3.05, 3.63) is 23.8 Å². The number of hydrogen-bond donors (Lipinski definition) is 4. The third-order valence-corrected chi connectivity index (χ3v) is 2.75. The van der Waals surface area contributed by atoms with E-state index >= 15 is 0 Å². The number of benzene rings is 1. The van der Waals surface area contributed by atoms with E-state index in [9.17, 15) is 4.79 Å². The van der Waals surface area contributed by atoms with Gasteiger partial charge in [0, 0.05) is 26.3 Å². The van der Waals surface area contributed by atoms with Crippen molar-refractivity contribution in [2.45, 2.75) is 12.5 Å². The Hall–Kier alpha value is -1.79. The van der Waals surface area contributed by atoms with Crippen LogP contribution in [0.4, 0.5) is 11.4 Å². The zero-order valence-electron chi connectivity index (χ0n) is 11.3. The van der Waals surface area contributed by atoms with Gasteiger partial charge in [-0.1, -0.05) is 0 Å². The maximum absolute atomic E-state index is 11.5. The van der Waals surface area contributed by atoms with Crippen LogP contribution in [0.2, 0.25) is 0 Å². The zero-order chi connectivity index (χ0) is 14.3. The number of amides is 1. The van der Waals surface area contributed by atoms with Crippen LogP contribution >= 0.6 is 0 Å². The molecular formula is C13H21N3O3. The highest BCUT2D eigenvalue weighted by atomic mass is 16.5. The van der Waals surface area contributed by atoms with E-state index in [4.69, 9.17) is 15.6 Å². The van der Waals surface area contributed by atoms with Crippen molar-refractivity contribution in [1.82, 2.24) is 5.32 Å². The number of carbonyl (C=O) groups excluding carboxylic acids is 1. The largest absolute Gasteiger partial charge is 0.397 e. The number of nitrogen functional groups attached to an aromatic ring is 1. The Morgan fingerprint density at radius 1 is 1.53 bits per heavy atom. The molecule has 0 saturated carbocycles. The lowest BCUT2D eigenvalue weighted by atomic mass is 10.1. The quantitative estimate of drug-likeness (QED) is 0.537. The van der Waals surface area contributed by atoms with Crippen LogP contribution in [0, 0.1) is 0 Å². The Morgan fingerprint density at radius 3 is 2.79 bits per heavy atom. The van der Waals surface area contributed by atoms with Crippen LogP contribution in [0.3, 0.4) is 0 Å². The maximum Gasteiger partial charge on any atom is 0.251 e. The van der Waals surface area contributed by atoms with Crippen LogP contribution in [0.1, 0.15) is 16.8 Å². The first-order valence-electron chi connectivity index (χ1n) is 6.10. The molecule has 6 nitrogen and oxygen atoms in total. The summed E-state index contributed by atoms with van der Waals surface area (Å²) >= 11 is 0. The van der Waals surface area contributed by atoms with Crippen LogP contribution in [0.15, 0.2) is 18.2 Å². The molecule has 0 spiro atoms. The highest BCUT2D eigenvalue weighted by Crippen LogP contribution is 2.21. The van der Waals surface area contributed by atoms with E-state index in [0.29, 0.717) is 24.3 Å². The molecule has 1 aromatic carbocycles. The van der Waals surface area contributed by atoms with E-state index in [2.05, 4.69) is 10.6 Å². The van der Waals surface area contributed by atoms with E-state index < -0.39 is 0 Å². The molecule has 0 fully saturated rings. The Bertz CT molecular complexity index is 418. The molecule has 0 heterocycles. The minimum absolute atomic E-state index is 0.0249. The number of carbonyl (C=O) groups is 1. The van der Waals surface area contributed by atoms with Crippen LogP contribution in [0.5, 0.6) is 0 Å². The molecule has 0 aromatic heterocycles. The number of rotatable bonds is 7. The van der Waals surface area contributed by atoms with E-state index in [-0.39, 0.29) is 18.6 Å². The first-order valence-corrected chi connectivity index (χ1v) is 6.10. The van der Waals surface area contributed by atoms with Gasteiger partial charge in [-0.2, -0.15) is 0 Å². The molecule has 0 aliphatic rings. The molecule has 1 atom stereocenters. The molecule has 106 valence electrons. The van der Waals surface area contributed by atoms with E-state index in [1.807, 2.05) is 0 Å². The summed E-state index contributed by atoms with van der Waals surface area (Å²) in [7, 11) is 3.17. The molecular weight excluding hydrogens is 246 g/mol. The fraction of sp³-hybridized carbons (Fsp3) is 0.462. The van der Waals surface area contributed by atoms with E-state index in [1.165, 1.54) is 0 Å². The van der Waals surface area contributed by atoms with Gasteiger partial charge in [-0.25, -0.2) is 0 Å². The minimum atomic E-state index is -0.179. The van der Waals surface area contributed by atoms with Gasteiger partial charge in [0.25, 0.3) is 5.91 Å². The third-order valence-electron chi connectivity index (χ3n) is 2.75. The number of aliphatic hydroxyl groups excluding tert-OH is 1. The van der Waals surface area contributed by atoms with Gasteiger partial charge in [-0.15, -0.1) is 0 Å². The van der Waals surface area contributed by atoms with Gasteiger partial charge in [0.2, 0.25) is 0 Å². The van der Waals surface area contributed by atoms with Crippen LogP contribution < -0.4 is 16.4 Å². The number of anilines is 2. The summed E-state index contributed by atoms with van der Waals surface area (Å²) in [4.78, 5) is 11.5. The van der Waals surface area contributed by atoms with Crippen LogP contribution in [0.25, 0.3) is 0 Å². The third kappa shape index (κ3) is 4.42. The number of aliphatic hydroxyl groups is 1. The molecule has 6 heteroatoms. The van der Waals surface area contributed by atoms with Gasteiger partial charge < -0.3 is 26.2 Å². The lowest BCUT2D eigenvalue weighted by Crippen LogP contribution is -2.26. The highest BCUT2D eigenvalue weighted by molar-refractivity contribution is 5.95. The summed E-state index contributed by atoms with van der Waals surface area (Å²) in [5.41, 5.74) is 7.63. The molecule has 0 aliphatic carbocycles. The Kier molecular flexibility index (Phi) is 6.11. The van der Waals surface area contributed by atoms with Crippen LogP contribution in [-0.2, 0) is 4.74 Å². The average Bonchev–Trinajstić information content (AvgIpc) is 2.40. The standard InChI is InChI=1S/C13H21N3O3/c1-15-13(18)9-3-4-12(11(14)7-9)16-10(5-6-17)8-19-2/h3-4,7,10,16-17H,5-6,8,14H2,1-2H3,(H,15,18). The number of methoxy groups -OCH3 is 1. The number of nitrogens with two attached hydrogens (primary N) is 1. The molecule has 0 aliphatic heterocycles. The first kappa shape index (κ1) is 15.3. The van der Waals surface area contributed by atoms with Crippen molar-refractivity contribution in [3.8, 4) is 0 Å². The summed E-state index contributed by atoms with van der Waals surface area (Å²) < 4.78 is 5.07. The second kappa shape index (κ2) is 7.60. The molecule has 5 N–H and O–H groups in total. The van der Waals surface area contributed by atoms with Crippen molar-refractivity contribution in [1.29, 1.82) is 0 Å². The first-order chi connectivity index (χ1) is 9.12. The molecule has 1 rings (SSSR count). The summed E-state index contributed by atoms with van der Waals surface area (Å²) in [6.07, 6.45) is 0.560. The van der Waals surface area contributed by atoms with Gasteiger partial charge in [-0.3, -0.25) is 4.79 Å². The topological polar surface area (TPSA) is 96.6 Å². The van der Waals surface area contributed by atoms with Gasteiger partial charge in [0.05, 0.1) is 24.0 Å². The molecule has 1 unspecified atom stereocenters. The lowest BCUT2D eigenvalue weighted by molar-refractivity contribution is 0.0963. The van der Waals surface area contributed by atoms with Gasteiger partial charge >= 0.3 is 0 Å². The molecule has 19 heavy (non-hydrogen) atoms. The minimum Gasteiger partial charge on any atom is -0.397 e. The Morgan fingerprint density at radius 2 is 2.26 bits per heavy atom. The Labute approximate surface area is 112 Å². The van der Waals surface area contributed by atoms with Crippen molar-refractivity contribution in [2.24, 2.45) is 0 Å². The second-order valence-electron chi connectivity index (χ2n) is 4.19. The normalized spacial score (nSPS) is 11.9. The van der Waals surface area contributed by atoms with Gasteiger partial charge in [0.1, 0.15) is 0 Å². The molecule has 0 bridgehead atoms. The van der Waals surface area contributed by atoms with Gasteiger partial charge in [-0.05, 0) is 24.6 Å². The van der Waals surface area contributed by atoms with Crippen molar-refractivity contribution < 1.29 is 14.6 Å². The van der Waals surface area contributed by atoms with Gasteiger partial charge in [0.15, 0.2) is 0 Å². The monoisotopic (exact) mass is 267 g/mol. The van der Waals surface area contributed by atoms with Crippen LogP contribution in [-0.4, -0.2) is 44.4 Å². The molecule has 0 saturated heterocycles. The SMILES string of the molecule is CNC(=O)c1ccc(NC(CCO)COC)c(N)c1. The maximum atomic E-state index is 11.5. The zero-order valence-corrected chi connectivity index (χ0v) is 11.3. The summed E-state index contributed by atoms with van der Waals surface area (Å²) in [5, 5.41) is 14.7.